The molecule has 1 amide bonds. The van der Waals surface area contributed by atoms with Crippen LogP contribution >= 0.6 is 0 Å². The number of nitrogens with zero attached hydrogens (tertiary/aromatic N) is 1. The van der Waals surface area contributed by atoms with Crippen molar-refractivity contribution in [1.82, 2.24) is 10.3 Å². The number of ether oxygens (including phenoxy) is 1. The highest BCUT2D eigenvalue weighted by atomic mass is 16.5. The van der Waals surface area contributed by atoms with Crippen LogP contribution in [-0.4, -0.2) is 36.6 Å². The van der Waals surface area contributed by atoms with E-state index in [0.29, 0.717) is 31.1 Å². The molecule has 1 heterocycles. The number of carbonyl (C=O) groups is 2. The molecule has 1 saturated carbocycles. The molecule has 1 fully saturated rings. The van der Waals surface area contributed by atoms with Crippen LogP contribution in [0, 0.1) is 5.92 Å². The lowest BCUT2D eigenvalue weighted by Gasteiger charge is -2.07. The number of nitrogens with one attached hydrogen (secondary N) is 2. The highest BCUT2D eigenvalue weighted by Gasteiger charge is 2.28. The molecule has 20 heavy (non-hydrogen) atoms. The number of hydrogen-bond donors (Lipinski definition) is 2. The SMILES string of the molecule is CCOC(=O)c1ccc(NCCNC(=O)C2CC2)nc1. The number of rotatable bonds is 7. The average Bonchev–Trinajstić information content (AvgIpc) is 3.29. The van der Waals surface area contributed by atoms with E-state index < -0.39 is 0 Å². The summed E-state index contributed by atoms with van der Waals surface area (Å²) in [6, 6.07) is 3.38. The Hall–Kier alpha value is -2.11. The quantitative estimate of drug-likeness (QED) is 0.578. The normalized spacial score (nSPS) is 13.7. The van der Waals surface area contributed by atoms with Crippen LogP contribution in [0.15, 0.2) is 18.3 Å². The molecule has 1 aromatic rings. The number of aromatic nitrogens is 1. The van der Waals surface area contributed by atoms with Gasteiger partial charge in [0.1, 0.15) is 5.82 Å². The molecule has 1 aromatic heterocycles. The summed E-state index contributed by atoms with van der Waals surface area (Å²) in [6.07, 6.45) is 3.50. The van der Waals surface area contributed by atoms with Crippen LogP contribution in [0.2, 0.25) is 0 Å². The first-order valence-corrected chi connectivity index (χ1v) is 6.85. The zero-order valence-electron chi connectivity index (χ0n) is 11.5. The van der Waals surface area contributed by atoms with Gasteiger partial charge in [-0.05, 0) is 31.9 Å². The van der Waals surface area contributed by atoms with Crippen molar-refractivity contribution < 1.29 is 14.3 Å². The molecule has 0 aliphatic heterocycles. The van der Waals surface area contributed by atoms with Gasteiger partial charge >= 0.3 is 5.97 Å². The molecule has 6 heteroatoms. The van der Waals surface area contributed by atoms with E-state index in [1.807, 2.05) is 0 Å². The first-order valence-electron chi connectivity index (χ1n) is 6.85. The maximum atomic E-state index is 11.4. The smallest absolute Gasteiger partial charge is 0.339 e. The third-order valence-electron chi connectivity index (χ3n) is 2.95. The second kappa shape index (κ2) is 6.88. The molecular weight excluding hydrogens is 258 g/mol. The first kappa shape index (κ1) is 14.3. The lowest BCUT2D eigenvalue weighted by atomic mass is 10.3. The second-order valence-electron chi connectivity index (χ2n) is 4.64. The monoisotopic (exact) mass is 277 g/mol. The Bertz CT molecular complexity index is 469. The Morgan fingerprint density at radius 2 is 2.15 bits per heavy atom. The van der Waals surface area contributed by atoms with Crippen LogP contribution in [0.5, 0.6) is 0 Å². The Labute approximate surface area is 117 Å². The fourth-order valence-corrected chi connectivity index (χ4v) is 1.70. The minimum absolute atomic E-state index is 0.136. The number of hydrogen-bond acceptors (Lipinski definition) is 5. The zero-order chi connectivity index (χ0) is 14.4. The first-order chi connectivity index (χ1) is 9.70. The molecule has 1 aliphatic rings. The molecule has 1 aliphatic carbocycles. The van der Waals surface area contributed by atoms with E-state index >= 15 is 0 Å². The predicted octanol–water partition coefficient (Wildman–Crippen LogP) is 1.20. The van der Waals surface area contributed by atoms with Crippen molar-refractivity contribution in [2.75, 3.05) is 25.0 Å². The van der Waals surface area contributed by atoms with Gasteiger partial charge in [-0.2, -0.15) is 0 Å². The third kappa shape index (κ3) is 4.22. The number of esters is 1. The van der Waals surface area contributed by atoms with Crippen molar-refractivity contribution in [3.05, 3.63) is 23.9 Å². The lowest BCUT2D eigenvalue weighted by molar-refractivity contribution is -0.122. The van der Waals surface area contributed by atoms with Gasteiger partial charge in [0.25, 0.3) is 0 Å². The highest BCUT2D eigenvalue weighted by Crippen LogP contribution is 2.28. The van der Waals surface area contributed by atoms with Crippen molar-refractivity contribution in [2.45, 2.75) is 19.8 Å². The number of carbonyl (C=O) groups excluding carboxylic acids is 2. The van der Waals surface area contributed by atoms with Crippen LogP contribution in [0.25, 0.3) is 0 Å². The second-order valence-corrected chi connectivity index (χ2v) is 4.64. The van der Waals surface area contributed by atoms with Gasteiger partial charge < -0.3 is 15.4 Å². The van der Waals surface area contributed by atoms with E-state index in [9.17, 15) is 9.59 Å². The molecule has 2 N–H and O–H groups in total. The van der Waals surface area contributed by atoms with Gasteiger partial charge in [-0.3, -0.25) is 4.79 Å². The summed E-state index contributed by atoms with van der Waals surface area (Å²) >= 11 is 0. The summed E-state index contributed by atoms with van der Waals surface area (Å²) in [5.74, 6) is 0.663. The predicted molar refractivity (Wildman–Crippen MR) is 74.4 cm³/mol. The van der Waals surface area contributed by atoms with E-state index in [-0.39, 0.29) is 17.8 Å². The van der Waals surface area contributed by atoms with Crippen LogP contribution in [0.1, 0.15) is 30.1 Å². The largest absolute Gasteiger partial charge is 0.462 e. The number of anilines is 1. The molecule has 0 aromatic carbocycles. The summed E-state index contributed by atoms with van der Waals surface area (Å²) in [7, 11) is 0. The van der Waals surface area contributed by atoms with Crippen LogP contribution in [-0.2, 0) is 9.53 Å². The summed E-state index contributed by atoms with van der Waals surface area (Å²) in [5, 5.41) is 5.94. The van der Waals surface area contributed by atoms with Crippen LogP contribution in [0.4, 0.5) is 5.82 Å². The Morgan fingerprint density at radius 3 is 2.75 bits per heavy atom. The maximum Gasteiger partial charge on any atom is 0.339 e. The van der Waals surface area contributed by atoms with Crippen molar-refractivity contribution in [1.29, 1.82) is 0 Å². The van der Waals surface area contributed by atoms with Crippen LogP contribution < -0.4 is 10.6 Å². The topological polar surface area (TPSA) is 80.3 Å². The Balaban J connectivity index is 1.70. The van der Waals surface area contributed by atoms with Crippen molar-refractivity contribution in [3.63, 3.8) is 0 Å². The fourth-order valence-electron chi connectivity index (χ4n) is 1.70. The summed E-state index contributed by atoms with van der Waals surface area (Å²) in [5.41, 5.74) is 0.430. The van der Waals surface area contributed by atoms with Gasteiger partial charge in [-0.15, -0.1) is 0 Å². The van der Waals surface area contributed by atoms with Gasteiger partial charge in [0.05, 0.1) is 12.2 Å². The maximum absolute atomic E-state index is 11.4. The van der Waals surface area contributed by atoms with Crippen molar-refractivity contribution >= 4 is 17.7 Å². The Morgan fingerprint density at radius 1 is 1.35 bits per heavy atom. The molecule has 0 spiro atoms. The van der Waals surface area contributed by atoms with E-state index in [0.717, 1.165) is 12.8 Å². The summed E-state index contributed by atoms with van der Waals surface area (Å²) < 4.78 is 4.87. The molecule has 6 nitrogen and oxygen atoms in total. The molecule has 0 radical (unpaired) electrons. The Kier molecular flexibility index (Phi) is 4.92. The van der Waals surface area contributed by atoms with Gasteiger partial charge in [0, 0.05) is 25.2 Å². The molecule has 0 unspecified atom stereocenters. The van der Waals surface area contributed by atoms with Gasteiger partial charge in [0.2, 0.25) is 5.91 Å². The lowest BCUT2D eigenvalue weighted by Crippen LogP contribution is -2.29. The van der Waals surface area contributed by atoms with E-state index in [4.69, 9.17) is 4.74 Å². The van der Waals surface area contributed by atoms with Crippen molar-refractivity contribution in [3.8, 4) is 0 Å². The molecule has 0 atom stereocenters. The highest BCUT2D eigenvalue weighted by molar-refractivity contribution is 5.89. The summed E-state index contributed by atoms with van der Waals surface area (Å²) in [4.78, 5) is 26.9. The molecular formula is C14H19N3O3. The van der Waals surface area contributed by atoms with Gasteiger partial charge in [-0.25, -0.2) is 9.78 Å². The van der Waals surface area contributed by atoms with E-state index in [1.54, 1.807) is 19.1 Å². The number of amides is 1. The van der Waals surface area contributed by atoms with Crippen molar-refractivity contribution in [2.24, 2.45) is 5.92 Å². The van der Waals surface area contributed by atoms with Crippen LogP contribution in [0.3, 0.4) is 0 Å². The third-order valence-corrected chi connectivity index (χ3v) is 2.95. The molecule has 0 bridgehead atoms. The van der Waals surface area contributed by atoms with E-state index in [1.165, 1.54) is 6.20 Å². The minimum atomic E-state index is -0.372. The average molecular weight is 277 g/mol. The summed E-state index contributed by atoms with van der Waals surface area (Å²) in [6.45, 7) is 3.28. The zero-order valence-corrected chi connectivity index (χ0v) is 11.5. The standard InChI is InChI=1S/C14H19N3O3/c1-2-20-14(19)11-5-6-12(17-9-11)15-7-8-16-13(18)10-3-4-10/h5-6,9-10H,2-4,7-8H2,1H3,(H,15,17)(H,16,18). The van der Waals surface area contributed by atoms with Gasteiger partial charge in [-0.1, -0.05) is 0 Å². The fraction of sp³-hybridized carbons (Fsp3) is 0.500. The molecule has 2 rings (SSSR count). The minimum Gasteiger partial charge on any atom is -0.462 e. The van der Waals surface area contributed by atoms with Gasteiger partial charge in [0.15, 0.2) is 0 Å². The molecule has 108 valence electrons. The number of pyridine rings is 1. The van der Waals surface area contributed by atoms with E-state index in [2.05, 4.69) is 15.6 Å². The molecule has 0 saturated heterocycles.